The molecule has 0 saturated carbocycles. The van der Waals surface area contributed by atoms with Crippen molar-refractivity contribution in [2.45, 2.75) is 31.1 Å². The lowest BCUT2D eigenvalue weighted by Crippen LogP contribution is -2.29. The number of sulfonamides is 1. The second-order valence-electron chi connectivity index (χ2n) is 6.67. The molecule has 1 aliphatic rings. The Morgan fingerprint density at radius 2 is 1.81 bits per heavy atom. The summed E-state index contributed by atoms with van der Waals surface area (Å²) < 4.78 is 29.7. The first-order chi connectivity index (χ1) is 12.4. The van der Waals surface area contributed by atoms with Crippen LogP contribution in [0.2, 0.25) is 0 Å². The zero-order valence-corrected chi connectivity index (χ0v) is 16.1. The molecule has 0 bridgehead atoms. The monoisotopic (exact) mass is 375 g/mol. The third-order valence-electron chi connectivity index (χ3n) is 4.94. The van der Waals surface area contributed by atoms with Crippen molar-refractivity contribution >= 4 is 15.9 Å². The van der Waals surface area contributed by atoms with E-state index in [1.54, 1.807) is 23.4 Å². The molecule has 140 valence electrons. The zero-order valence-electron chi connectivity index (χ0n) is 15.2. The van der Waals surface area contributed by atoms with Crippen LogP contribution in [0.1, 0.15) is 34.6 Å². The van der Waals surface area contributed by atoms with Crippen LogP contribution in [-0.2, 0) is 23.5 Å². The van der Waals surface area contributed by atoms with E-state index in [0.29, 0.717) is 24.4 Å². The molecular weight excluding hydrogens is 350 g/mol. The number of nitrogens with one attached hydrogen (secondary N) is 1. The molecule has 1 aromatic carbocycles. The van der Waals surface area contributed by atoms with E-state index in [1.807, 2.05) is 30.3 Å². The average Bonchev–Trinajstić information content (AvgIpc) is 3.25. The standard InChI is InChI=1S/C19H25N3O3S/c1-15-18(14-17(21(15)2)19(23)22-12-6-7-13-22)26(24,25)20-11-10-16-8-4-3-5-9-16/h3-5,8-9,14,20H,6-7,10-13H2,1-2H3. The van der Waals surface area contributed by atoms with Gasteiger partial charge in [-0.3, -0.25) is 4.79 Å². The molecule has 3 rings (SSSR count). The quantitative estimate of drug-likeness (QED) is 0.840. The summed E-state index contributed by atoms with van der Waals surface area (Å²) in [6.45, 7) is 3.52. The van der Waals surface area contributed by atoms with Crippen LogP contribution < -0.4 is 4.72 Å². The molecule has 1 aromatic heterocycles. The predicted molar refractivity (Wildman–Crippen MR) is 101 cm³/mol. The molecule has 1 aliphatic heterocycles. The molecular formula is C19H25N3O3S. The number of rotatable bonds is 6. The minimum Gasteiger partial charge on any atom is -0.343 e. The van der Waals surface area contributed by atoms with Crippen LogP contribution in [0.3, 0.4) is 0 Å². The van der Waals surface area contributed by atoms with Gasteiger partial charge in [-0.1, -0.05) is 30.3 Å². The van der Waals surface area contributed by atoms with Crippen molar-refractivity contribution in [1.29, 1.82) is 0 Å². The molecule has 6 nitrogen and oxygen atoms in total. The van der Waals surface area contributed by atoms with Crippen LogP contribution in [0.4, 0.5) is 0 Å². The van der Waals surface area contributed by atoms with Crippen LogP contribution in [0.5, 0.6) is 0 Å². The van der Waals surface area contributed by atoms with E-state index < -0.39 is 10.0 Å². The van der Waals surface area contributed by atoms with Crippen molar-refractivity contribution < 1.29 is 13.2 Å². The Bertz CT molecular complexity index is 882. The minimum absolute atomic E-state index is 0.0983. The van der Waals surface area contributed by atoms with E-state index >= 15 is 0 Å². The highest BCUT2D eigenvalue weighted by Crippen LogP contribution is 2.22. The highest BCUT2D eigenvalue weighted by molar-refractivity contribution is 7.89. The van der Waals surface area contributed by atoms with Gasteiger partial charge in [0, 0.05) is 32.4 Å². The lowest BCUT2D eigenvalue weighted by molar-refractivity contribution is 0.0783. The summed E-state index contributed by atoms with van der Waals surface area (Å²) in [5.74, 6) is -0.0983. The van der Waals surface area contributed by atoms with E-state index in [1.165, 1.54) is 6.07 Å². The molecule has 0 atom stereocenters. The van der Waals surface area contributed by atoms with Gasteiger partial charge in [0.1, 0.15) is 10.6 Å². The molecule has 0 unspecified atom stereocenters. The molecule has 0 radical (unpaired) electrons. The Hall–Kier alpha value is -2.12. The van der Waals surface area contributed by atoms with E-state index in [0.717, 1.165) is 31.5 Å². The summed E-state index contributed by atoms with van der Waals surface area (Å²) >= 11 is 0. The van der Waals surface area contributed by atoms with Crippen LogP contribution in [0.15, 0.2) is 41.3 Å². The number of nitrogens with zero attached hydrogens (tertiary/aromatic N) is 2. The number of carbonyl (C=O) groups excluding carboxylic acids is 1. The van der Waals surface area contributed by atoms with Gasteiger partial charge in [-0.25, -0.2) is 13.1 Å². The van der Waals surface area contributed by atoms with Gasteiger partial charge in [-0.05, 0) is 37.8 Å². The fraction of sp³-hybridized carbons (Fsp3) is 0.421. The smallest absolute Gasteiger partial charge is 0.270 e. The Labute approximate surface area is 154 Å². The molecule has 1 saturated heterocycles. The predicted octanol–water partition coefficient (Wildman–Crippen LogP) is 2.09. The van der Waals surface area contributed by atoms with Gasteiger partial charge in [-0.15, -0.1) is 0 Å². The summed E-state index contributed by atoms with van der Waals surface area (Å²) in [5.41, 5.74) is 2.07. The number of hydrogen-bond acceptors (Lipinski definition) is 3. The van der Waals surface area contributed by atoms with Gasteiger partial charge < -0.3 is 9.47 Å². The van der Waals surface area contributed by atoms with Gasteiger partial charge in [-0.2, -0.15) is 0 Å². The normalized spacial score (nSPS) is 14.8. The SMILES string of the molecule is Cc1c(S(=O)(=O)NCCc2ccccc2)cc(C(=O)N2CCCC2)n1C. The summed E-state index contributed by atoms with van der Waals surface area (Å²) in [6, 6.07) is 11.2. The topological polar surface area (TPSA) is 71.4 Å². The van der Waals surface area contributed by atoms with Crippen LogP contribution in [-0.4, -0.2) is 43.4 Å². The Balaban J connectivity index is 1.75. The number of hydrogen-bond donors (Lipinski definition) is 1. The number of amides is 1. The summed E-state index contributed by atoms with van der Waals surface area (Å²) in [4.78, 5) is 14.6. The Morgan fingerprint density at radius 3 is 2.46 bits per heavy atom. The second kappa shape index (κ2) is 7.63. The van der Waals surface area contributed by atoms with Crippen LogP contribution in [0, 0.1) is 6.92 Å². The van der Waals surface area contributed by atoms with Crippen molar-refractivity contribution in [2.75, 3.05) is 19.6 Å². The van der Waals surface area contributed by atoms with Crippen LogP contribution in [0.25, 0.3) is 0 Å². The Kier molecular flexibility index (Phi) is 5.48. The third-order valence-corrected chi connectivity index (χ3v) is 6.52. The molecule has 1 fully saturated rings. The first kappa shape index (κ1) is 18.7. The first-order valence-electron chi connectivity index (χ1n) is 8.89. The molecule has 2 aromatic rings. The lowest BCUT2D eigenvalue weighted by atomic mass is 10.2. The van der Waals surface area contributed by atoms with Gasteiger partial charge in [0.15, 0.2) is 0 Å². The van der Waals surface area contributed by atoms with Gasteiger partial charge in [0.25, 0.3) is 5.91 Å². The van der Waals surface area contributed by atoms with Crippen molar-refractivity contribution in [1.82, 2.24) is 14.2 Å². The third kappa shape index (κ3) is 3.83. The summed E-state index contributed by atoms with van der Waals surface area (Å²) in [7, 11) is -1.92. The van der Waals surface area contributed by atoms with E-state index in [2.05, 4.69) is 4.72 Å². The first-order valence-corrected chi connectivity index (χ1v) is 10.4. The highest BCUT2D eigenvalue weighted by Gasteiger charge is 2.27. The second-order valence-corrected chi connectivity index (χ2v) is 8.41. The molecule has 26 heavy (non-hydrogen) atoms. The summed E-state index contributed by atoms with van der Waals surface area (Å²) in [6.07, 6.45) is 2.62. The Morgan fingerprint density at radius 1 is 1.15 bits per heavy atom. The van der Waals surface area contributed by atoms with Gasteiger partial charge in [0.05, 0.1) is 0 Å². The number of likely N-dealkylation sites (tertiary alicyclic amines) is 1. The number of carbonyl (C=O) groups is 1. The number of benzene rings is 1. The van der Waals surface area contributed by atoms with Crippen LogP contribution >= 0.6 is 0 Å². The van der Waals surface area contributed by atoms with E-state index in [4.69, 9.17) is 0 Å². The largest absolute Gasteiger partial charge is 0.343 e. The maximum Gasteiger partial charge on any atom is 0.270 e. The summed E-state index contributed by atoms with van der Waals surface area (Å²) in [5, 5.41) is 0. The zero-order chi connectivity index (χ0) is 18.7. The average molecular weight is 375 g/mol. The molecule has 2 heterocycles. The maximum atomic E-state index is 12.7. The molecule has 1 amide bonds. The van der Waals surface area contributed by atoms with Crippen molar-refractivity contribution in [3.05, 3.63) is 53.3 Å². The molecule has 1 N–H and O–H groups in total. The fourth-order valence-electron chi connectivity index (χ4n) is 3.28. The maximum absolute atomic E-state index is 12.7. The van der Waals surface area contributed by atoms with Crippen molar-refractivity contribution in [3.63, 3.8) is 0 Å². The van der Waals surface area contributed by atoms with Crippen molar-refractivity contribution in [3.8, 4) is 0 Å². The van der Waals surface area contributed by atoms with Gasteiger partial charge >= 0.3 is 0 Å². The lowest BCUT2D eigenvalue weighted by Gasteiger charge is -2.15. The van der Waals surface area contributed by atoms with Gasteiger partial charge in [0.2, 0.25) is 10.0 Å². The van der Waals surface area contributed by atoms with E-state index in [9.17, 15) is 13.2 Å². The molecule has 0 spiro atoms. The highest BCUT2D eigenvalue weighted by atomic mass is 32.2. The number of aromatic nitrogens is 1. The fourth-order valence-corrected chi connectivity index (χ4v) is 4.60. The molecule has 0 aliphatic carbocycles. The molecule has 7 heteroatoms. The minimum atomic E-state index is -3.66. The van der Waals surface area contributed by atoms with Crippen molar-refractivity contribution in [2.24, 2.45) is 7.05 Å². The van der Waals surface area contributed by atoms with E-state index in [-0.39, 0.29) is 10.8 Å².